The van der Waals surface area contributed by atoms with E-state index >= 15 is 0 Å². The highest BCUT2D eigenvalue weighted by Crippen LogP contribution is 2.38. The molecule has 0 aliphatic carbocycles. The van der Waals surface area contributed by atoms with Crippen LogP contribution in [0.2, 0.25) is 0 Å². The molecule has 27 heavy (non-hydrogen) atoms. The molecule has 0 radical (unpaired) electrons. The van der Waals surface area contributed by atoms with Gasteiger partial charge < -0.3 is 4.90 Å². The zero-order chi connectivity index (χ0) is 19.2. The highest BCUT2D eigenvalue weighted by molar-refractivity contribution is 7.90. The van der Waals surface area contributed by atoms with Gasteiger partial charge in [0.05, 0.1) is 18.4 Å². The van der Waals surface area contributed by atoms with Crippen molar-refractivity contribution in [1.29, 1.82) is 0 Å². The van der Waals surface area contributed by atoms with Crippen LogP contribution in [-0.4, -0.2) is 33.9 Å². The van der Waals surface area contributed by atoms with E-state index in [1.54, 1.807) is 18.0 Å². The quantitative estimate of drug-likeness (QED) is 0.681. The van der Waals surface area contributed by atoms with Crippen LogP contribution in [0.3, 0.4) is 0 Å². The summed E-state index contributed by atoms with van der Waals surface area (Å²) < 4.78 is 56.1. The van der Waals surface area contributed by atoms with Gasteiger partial charge in [-0.15, -0.1) is 4.09 Å². The third-order valence-electron chi connectivity index (χ3n) is 4.66. The maximum atomic E-state index is 14.3. The van der Waals surface area contributed by atoms with Gasteiger partial charge in [-0.2, -0.15) is 18.6 Å². The Morgan fingerprint density at radius 3 is 2.74 bits per heavy atom. The first kappa shape index (κ1) is 17.7. The Kier molecular flexibility index (Phi) is 4.22. The fourth-order valence-corrected chi connectivity index (χ4v) is 4.70. The Balaban J connectivity index is 1.77. The molecule has 1 atom stereocenters. The highest BCUT2D eigenvalue weighted by Gasteiger charge is 2.33. The fourth-order valence-electron chi connectivity index (χ4n) is 3.44. The van der Waals surface area contributed by atoms with Gasteiger partial charge in [-0.05, 0) is 31.0 Å². The molecule has 0 amide bonds. The Hall–Kier alpha value is -2.75. The normalized spacial score (nSPS) is 17.6. The van der Waals surface area contributed by atoms with E-state index in [2.05, 4.69) is 10.2 Å². The van der Waals surface area contributed by atoms with E-state index in [0.29, 0.717) is 18.8 Å². The zero-order valence-corrected chi connectivity index (χ0v) is 15.3. The van der Waals surface area contributed by atoms with Crippen LogP contribution >= 0.6 is 0 Å². The molecule has 1 saturated heterocycles. The summed E-state index contributed by atoms with van der Waals surface area (Å²) in [6.07, 6.45) is 5.31. The van der Waals surface area contributed by atoms with Crippen LogP contribution in [-0.2, 0) is 17.1 Å². The van der Waals surface area contributed by atoms with Crippen molar-refractivity contribution in [2.24, 2.45) is 7.05 Å². The topological polar surface area (TPSA) is 73.0 Å². The predicted octanol–water partition coefficient (Wildman–Crippen LogP) is 2.47. The molecule has 0 bridgehead atoms. The lowest BCUT2D eigenvalue weighted by atomic mass is 10.0. The van der Waals surface area contributed by atoms with Crippen molar-refractivity contribution in [3.8, 4) is 0 Å². The number of aromatic nitrogens is 4. The molecule has 0 N–H and O–H groups in total. The molecule has 142 valence electrons. The van der Waals surface area contributed by atoms with E-state index in [4.69, 9.17) is 0 Å². The van der Waals surface area contributed by atoms with Crippen molar-refractivity contribution in [1.82, 2.24) is 19.0 Å². The summed E-state index contributed by atoms with van der Waals surface area (Å²) in [5.74, 6) is -0.741. The second kappa shape index (κ2) is 6.45. The standard InChI is InChI=1S/C17H17F2N5O2S/c1-22-11-13(10-21-22)27(25,26)24-17(6-7-20-24)23-8-2-3-16(23)14-9-12(18)4-5-15(14)19/h4-7,9-11,16H,2-3,8H2,1H3. The van der Waals surface area contributed by atoms with Crippen molar-refractivity contribution < 1.29 is 17.2 Å². The van der Waals surface area contributed by atoms with Crippen LogP contribution in [0.4, 0.5) is 14.6 Å². The average Bonchev–Trinajstić information content (AvgIpc) is 3.35. The van der Waals surface area contributed by atoms with E-state index in [9.17, 15) is 17.2 Å². The summed E-state index contributed by atoms with van der Waals surface area (Å²) in [7, 11) is -2.34. The largest absolute Gasteiger partial charge is 0.349 e. The molecule has 1 aromatic carbocycles. The molecule has 4 rings (SSSR count). The molecule has 0 spiro atoms. The first-order chi connectivity index (χ1) is 12.9. The lowest BCUT2D eigenvalue weighted by Gasteiger charge is -2.27. The predicted molar refractivity (Wildman–Crippen MR) is 93.7 cm³/mol. The third kappa shape index (κ3) is 2.99. The lowest BCUT2D eigenvalue weighted by Crippen LogP contribution is -2.28. The van der Waals surface area contributed by atoms with Crippen LogP contribution in [0.5, 0.6) is 0 Å². The van der Waals surface area contributed by atoms with Crippen LogP contribution < -0.4 is 4.90 Å². The van der Waals surface area contributed by atoms with Crippen molar-refractivity contribution in [3.05, 3.63) is 60.1 Å². The number of aryl methyl sites for hydroxylation is 1. The minimum Gasteiger partial charge on any atom is -0.349 e. The third-order valence-corrected chi connectivity index (χ3v) is 6.21. The summed E-state index contributed by atoms with van der Waals surface area (Å²) in [4.78, 5) is 1.75. The second-order valence-electron chi connectivity index (χ2n) is 6.40. The summed E-state index contributed by atoms with van der Waals surface area (Å²) in [5, 5.41) is 7.86. The molecular weight excluding hydrogens is 376 g/mol. The van der Waals surface area contributed by atoms with Gasteiger partial charge in [-0.3, -0.25) is 4.68 Å². The van der Waals surface area contributed by atoms with E-state index in [1.807, 2.05) is 0 Å². The summed E-state index contributed by atoms with van der Waals surface area (Å²) >= 11 is 0. The number of nitrogens with zero attached hydrogens (tertiary/aromatic N) is 5. The second-order valence-corrected chi connectivity index (χ2v) is 8.17. The van der Waals surface area contributed by atoms with Gasteiger partial charge in [0.2, 0.25) is 0 Å². The maximum Gasteiger partial charge on any atom is 0.287 e. The first-order valence-corrected chi connectivity index (χ1v) is 9.82. The van der Waals surface area contributed by atoms with Crippen molar-refractivity contribution >= 4 is 15.8 Å². The maximum absolute atomic E-state index is 14.3. The first-order valence-electron chi connectivity index (χ1n) is 8.38. The van der Waals surface area contributed by atoms with Gasteiger partial charge in [0, 0.05) is 31.4 Å². The smallest absolute Gasteiger partial charge is 0.287 e. The summed E-state index contributed by atoms with van der Waals surface area (Å²) in [6.45, 7) is 0.509. The molecule has 1 aliphatic heterocycles. The zero-order valence-electron chi connectivity index (χ0n) is 14.5. The van der Waals surface area contributed by atoms with E-state index < -0.39 is 27.7 Å². The molecule has 1 fully saturated rings. The molecule has 7 nitrogen and oxygen atoms in total. The number of anilines is 1. The SMILES string of the molecule is Cn1cc(S(=O)(=O)n2nccc2N2CCCC2c2cc(F)ccc2F)cn1. The average molecular weight is 393 g/mol. The van der Waals surface area contributed by atoms with Gasteiger partial charge in [0.15, 0.2) is 0 Å². The van der Waals surface area contributed by atoms with Crippen molar-refractivity contribution in [3.63, 3.8) is 0 Å². The minimum absolute atomic E-state index is 0.00244. The minimum atomic E-state index is -3.95. The molecule has 2 aromatic heterocycles. The fraction of sp³-hybridized carbons (Fsp3) is 0.294. The molecule has 0 saturated carbocycles. The van der Waals surface area contributed by atoms with Gasteiger partial charge in [0.1, 0.15) is 22.3 Å². The van der Waals surface area contributed by atoms with Crippen LogP contribution in [0.15, 0.2) is 47.8 Å². The Bertz CT molecular complexity index is 1090. The van der Waals surface area contributed by atoms with E-state index in [1.165, 1.54) is 23.3 Å². The monoisotopic (exact) mass is 393 g/mol. The van der Waals surface area contributed by atoms with Gasteiger partial charge >= 0.3 is 0 Å². The lowest BCUT2D eigenvalue weighted by molar-refractivity contribution is 0.556. The van der Waals surface area contributed by atoms with E-state index in [-0.39, 0.29) is 10.5 Å². The van der Waals surface area contributed by atoms with Crippen LogP contribution in [0.25, 0.3) is 0 Å². The Labute approximate surface area is 154 Å². The Morgan fingerprint density at radius 1 is 1.19 bits per heavy atom. The number of halogens is 2. The molecule has 10 heteroatoms. The van der Waals surface area contributed by atoms with E-state index in [0.717, 1.165) is 28.7 Å². The number of hydrogen-bond donors (Lipinski definition) is 0. The van der Waals surface area contributed by atoms with Gasteiger partial charge in [-0.1, -0.05) is 0 Å². The summed E-state index contributed by atoms with van der Waals surface area (Å²) in [5.41, 5.74) is 0.207. The molecule has 3 heterocycles. The Morgan fingerprint density at radius 2 is 2.00 bits per heavy atom. The summed E-state index contributed by atoms with van der Waals surface area (Å²) in [6, 6.07) is 4.40. The number of rotatable bonds is 4. The van der Waals surface area contributed by atoms with Crippen molar-refractivity contribution in [2.45, 2.75) is 23.8 Å². The van der Waals surface area contributed by atoms with Crippen LogP contribution in [0.1, 0.15) is 24.4 Å². The molecule has 1 aliphatic rings. The van der Waals surface area contributed by atoms with Crippen molar-refractivity contribution in [2.75, 3.05) is 11.4 Å². The van der Waals surface area contributed by atoms with Crippen LogP contribution in [0, 0.1) is 11.6 Å². The molecular formula is C17H17F2N5O2S. The van der Waals surface area contributed by atoms with Gasteiger partial charge in [-0.25, -0.2) is 8.78 Å². The van der Waals surface area contributed by atoms with Gasteiger partial charge in [0.25, 0.3) is 10.0 Å². The molecule has 1 unspecified atom stereocenters. The number of hydrogen-bond acceptors (Lipinski definition) is 5. The molecule has 3 aromatic rings. The highest BCUT2D eigenvalue weighted by atomic mass is 32.2. The number of benzene rings is 1.